The third kappa shape index (κ3) is 5.89. The van der Waals surface area contributed by atoms with Gasteiger partial charge in [-0.25, -0.2) is 0 Å². The Hall–Kier alpha value is -2.08. The topological polar surface area (TPSA) is 84.7 Å². The van der Waals surface area contributed by atoms with Gasteiger partial charge >= 0.3 is 0 Å². The molecule has 3 N–H and O–H groups in total. The number of benzene rings is 1. The molecular formula is C27H43N3O3. The zero-order chi connectivity index (χ0) is 24.2. The maximum Gasteiger partial charge on any atom is 0.239 e. The number of methoxy groups -OCH3 is 1. The molecule has 0 aromatic heterocycles. The van der Waals surface area contributed by atoms with E-state index in [0.29, 0.717) is 18.4 Å². The van der Waals surface area contributed by atoms with Crippen LogP contribution in [0.25, 0.3) is 0 Å². The van der Waals surface area contributed by atoms with Crippen molar-refractivity contribution in [2.45, 2.75) is 90.1 Å². The Balaban J connectivity index is 1.84. The number of carbonyl (C=O) groups excluding carboxylic acids is 2. The van der Waals surface area contributed by atoms with Crippen molar-refractivity contribution in [3.63, 3.8) is 0 Å². The van der Waals surface area contributed by atoms with Crippen LogP contribution in [0, 0.1) is 11.8 Å². The maximum atomic E-state index is 12.4. The van der Waals surface area contributed by atoms with Crippen LogP contribution in [0.3, 0.4) is 0 Å². The molecular weight excluding hydrogens is 414 g/mol. The molecule has 2 fully saturated rings. The lowest BCUT2D eigenvalue weighted by Gasteiger charge is -2.52. The van der Waals surface area contributed by atoms with Crippen LogP contribution in [0.15, 0.2) is 18.2 Å². The van der Waals surface area contributed by atoms with Gasteiger partial charge in [-0.2, -0.15) is 0 Å². The Bertz CT molecular complexity index is 838. The number of ether oxygens (including phenoxy) is 1. The minimum atomic E-state index is -0.638. The summed E-state index contributed by atoms with van der Waals surface area (Å²) in [5.41, 5.74) is 8.06. The number of nitrogens with one attached hydrogen (secondary N) is 1. The van der Waals surface area contributed by atoms with E-state index in [4.69, 9.17) is 10.5 Å². The Kier molecular flexibility index (Phi) is 8.43. The highest BCUT2D eigenvalue weighted by molar-refractivity contribution is 5.86. The fraction of sp³-hybridized carbons (Fsp3) is 0.704. The Morgan fingerprint density at radius 3 is 2.64 bits per heavy atom. The van der Waals surface area contributed by atoms with Gasteiger partial charge in [-0.3, -0.25) is 9.59 Å². The summed E-state index contributed by atoms with van der Waals surface area (Å²) in [4.78, 5) is 26.4. The number of hydrogen-bond acceptors (Lipinski definition) is 4. The second-order valence-corrected chi connectivity index (χ2v) is 10.3. The molecule has 1 unspecified atom stereocenters. The molecule has 1 heterocycles. The van der Waals surface area contributed by atoms with E-state index in [1.165, 1.54) is 30.5 Å². The molecule has 6 heteroatoms. The molecule has 1 saturated carbocycles. The van der Waals surface area contributed by atoms with E-state index in [1.54, 1.807) is 14.0 Å². The molecule has 2 aliphatic rings. The van der Waals surface area contributed by atoms with Gasteiger partial charge in [0.05, 0.1) is 7.11 Å². The number of nitrogens with zero attached hydrogens (tertiary/aromatic N) is 1. The van der Waals surface area contributed by atoms with Gasteiger partial charge in [0.25, 0.3) is 0 Å². The van der Waals surface area contributed by atoms with E-state index >= 15 is 0 Å². The van der Waals surface area contributed by atoms with Gasteiger partial charge in [0.15, 0.2) is 0 Å². The third-order valence-electron chi connectivity index (χ3n) is 8.27. The molecule has 2 amide bonds. The van der Waals surface area contributed by atoms with Crippen molar-refractivity contribution in [2.24, 2.45) is 17.6 Å². The van der Waals surface area contributed by atoms with Crippen molar-refractivity contribution in [3.05, 3.63) is 29.3 Å². The third-order valence-corrected chi connectivity index (χ3v) is 8.27. The highest BCUT2D eigenvalue weighted by atomic mass is 16.5. The first-order chi connectivity index (χ1) is 15.7. The van der Waals surface area contributed by atoms with Crippen LogP contribution in [0.1, 0.15) is 77.3 Å². The molecule has 0 bridgehead atoms. The molecule has 1 saturated heterocycles. The molecule has 4 atom stereocenters. The van der Waals surface area contributed by atoms with Crippen molar-refractivity contribution in [1.29, 1.82) is 0 Å². The fourth-order valence-electron chi connectivity index (χ4n) is 5.71. The number of amides is 2. The summed E-state index contributed by atoms with van der Waals surface area (Å²) in [5.74, 6) is 1.62. The van der Waals surface area contributed by atoms with E-state index in [9.17, 15) is 9.59 Å². The number of nitrogens with two attached hydrogens (primary N) is 1. The summed E-state index contributed by atoms with van der Waals surface area (Å²) >= 11 is 0. The molecule has 0 radical (unpaired) electrons. The molecule has 6 nitrogen and oxygen atoms in total. The Morgan fingerprint density at radius 2 is 2.03 bits per heavy atom. The number of carbonyl (C=O) groups is 2. The predicted octanol–water partition coefficient (Wildman–Crippen LogP) is 3.80. The van der Waals surface area contributed by atoms with Crippen LogP contribution < -0.4 is 15.8 Å². The molecule has 33 heavy (non-hydrogen) atoms. The zero-order valence-electron chi connectivity index (χ0n) is 21.2. The van der Waals surface area contributed by atoms with E-state index in [0.717, 1.165) is 43.9 Å². The van der Waals surface area contributed by atoms with E-state index in [1.807, 2.05) is 0 Å². The van der Waals surface area contributed by atoms with Gasteiger partial charge in [-0.15, -0.1) is 0 Å². The van der Waals surface area contributed by atoms with Gasteiger partial charge in [0.2, 0.25) is 11.8 Å². The average Bonchev–Trinajstić information content (AvgIpc) is 3.62. The summed E-state index contributed by atoms with van der Waals surface area (Å²) in [6, 6.07) is 6.37. The summed E-state index contributed by atoms with van der Waals surface area (Å²) in [5, 5.41) is 2.72. The van der Waals surface area contributed by atoms with Gasteiger partial charge < -0.3 is 20.7 Å². The lowest BCUT2D eigenvalue weighted by Crippen LogP contribution is -2.55. The highest BCUT2D eigenvalue weighted by Crippen LogP contribution is 2.49. The van der Waals surface area contributed by atoms with E-state index in [2.05, 4.69) is 49.2 Å². The van der Waals surface area contributed by atoms with Gasteiger partial charge in [-0.05, 0) is 94.0 Å². The Morgan fingerprint density at radius 1 is 1.30 bits per heavy atom. The molecule has 0 spiro atoms. The van der Waals surface area contributed by atoms with Crippen LogP contribution in [-0.2, 0) is 21.4 Å². The number of hydrogen-bond donors (Lipinski definition) is 2. The lowest BCUT2D eigenvalue weighted by molar-refractivity contribution is -0.127. The summed E-state index contributed by atoms with van der Waals surface area (Å²) in [6.45, 7) is 10.9. The SMILES string of the molecule is CCc1ccc(OC)cc1[C@@]1(CCCC(=O)N[C@@H](C)C(N)=O)CCN(CC2CC2)C(C)[C@@H]1C. The lowest BCUT2D eigenvalue weighted by atomic mass is 9.60. The first-order valence-corrected chi connectivity index (χ1v) is 12.7. The molecule has 1 aromatic carbocycles. The normalized spacial score (nSPS) is 26.6. The first kappa shape index (κ1) is 25.5. The van der Waals surface area contributed by atoms with E-state index in [-0.39, 0.29) is 11.3 Å². The van der Waals surface area contributed by atoms with Crippen LogP contribution in [0.2, 0.25) is 0 Å². The second kappa shape index (κ2) is 10.9. The highest BCUT2D eigenvalue weighted by Gasteiger charge is 2.47. The first-order valence-electron chi connectivity index (χ1n) is 12.7. The standard InChI is InChI=1S/C27H43N3O3/c1-6-22-11-12-23(33-5)16-24(22)27(13-7-8-25(31)29-19(3)26(28)32)14-15-30(17-21-9-10-21)20(4)18(27)2/h11-12,16,18-21H,6-10,13-15,17H2,1-5H3,(H2,28,32)(H,29,31)/t18-,19-,20?,27-/m0/s1. The van der Waals surface area contributed by atoms with Crippen LogP contribution in [-0.4, -0.2) is 49.0 Å². The van der Waals surface area contributed by atoms with Crippen molar-refractivity contribution in [2.75, 3.05) is 20.2 Å². The predicted molar refractivity (Wildman–Crippen MR) is 132 cm³/mol. The number of aryl methyl sites for hydroxylation is 1. The van der Waals surface area contributed by atoms with E-state index < -0.39 is 11.9 Å². The minimum absolute atomic E-state index is 0.00503. The molecule has 184 valence electrons. The number of likely N-dealkylation sites (tertiary alicyclic amines) is 1. The monoisotopic (exact) mass is 457 g/mol. The van der Waals surface area contributed by atoms with Crippen molar-refractivity contribution >= 4 is 11.8 Å². The Labute approximate surface area is 199 Å². The molecule has 1 aliphatic heterocycles. The quantitative estimate of drug-likeness (QED) is 0.529. The molecule has 1 aliphatic carbocycles. The van der Waals surface area contributed by atoms with Crippen LogP contribution in [0.5, 0.6) is 5.75 Å². The largest absolute Gasteiger partial charge is 0.497 e. The maximum absolute atomic E-state index is 12.4. The van der Waals surface area contributed by atoms with Crippen molar-refractivity contribution in [1.82, 2.24) is 10.2 Å². The summed E-state index contributed by atoms with van der Waals surface area (Å²) in [6.07, 6.45) is 6.92. The summed E-state index contributed by atoms with van der Waals surface area (Å²) < 4.78 is 5.62. The average molecular weight is 458 g/mol. The van der Waals surface area contributed by atoms with Crippen molar-refractivity contribution in [3.8, 4) is 5.75 Å². The number of rotatable bonds is 11. The number of primary amides is 1. The number of piperidine rings is 1. The van der Waals surface area contributed by atoms with Crippen LogP contribution >= 0.6 is 0 Å². The second-order valence-electron chi connectivity index (χ2n) is 10.3. The summed E-state index contributed by atoms with van der Waals surface area (Å²) in [7, 11) is 1.73. The molecule has 1 aromatic rings. The minimum Gasteiger partial charge on any atom is -0.497 e. The van der Waals surface area contributed by atoms with Gasteiger partial charge in [0.1, 0.15) is 11.8 Å². The van der Waals surface area contributed by atoms with Gasteiger partial charge in [-0.1, -0.05) is 19.9 Å². The van der Waals surface area contributed by atoms with Gasteiger partial charge in [0, 0.05) is 24.4 Å². The molecule has 3 rings (SSSR count). The fourth-order valence-corrected chi connectivity index (χ4v) is 5.71. The van der Waals surface area contributed by atoms with Crippen LogP contribution in [0.4, 0.5) is 0 Å². The smallest absolute Gasteiger partial charge is 0.239 e. The van der Waals surface area contributed by atoms with Crippen molar-refractivity contribution < 1.29 is 14.3 Å². The zero-order valence-corrected chi connectivity index (χ0v) is 21.2.